The van der Waals surface area contributed by atoms with E-state index in [4.69, 9.17) is 103 Å². The van der Waals surface area contributed by atoms with Crippen LogP contribution < -0.4 is 0 Å². The molecule has 1 aromatic rings. The van der Waals surface area contributed by atoms with Crippen molar-refractivity contribution in [2.75, 3.05) is 26.4 Å². The van der Waals surface area contributed by atoms with E-state index in [2.05, 4.69) is 4.74 Å². The number of benzene rings is 1. The van der Waals surface area contributed by atoms with Crippen LogP contribution in [-0.2, 0) is 52.3 Å². The first-order valence-corrected chi connectivity index (χ1v) is 21.1. The Kier molecular flexibility index (Phi) is 17.5. The highest BCUT2D eigenvalue weighted by Crippen LogP contribution is 2.64. The third-order valence-corrected chi connectivity index (χ3v) is 12.1. The van der Waals surface area contributed by atoms with Gasteiger partial charge in [-0.2, -0.15) is 0 Å². The average molecular weight is 1020 g/mol. The summed E-state index contributed by atoms with van der Waals surface area (Å²) >= 11 is 34.7. The zero-order valence-corrected chi connectivity index (χ0v) is 39.3. The molecule has 5 rings (SSSR count). The number of hydrogen-bond donors (Lipinski definition) is 2. The van der Waals surface area contributed by atoms with Crippen molar-refractivity contribution in [1.29, 1.82) is 0 Å². The quantitative estimate of drug-likeness (QED) is 0.131. The van der Waals surface area contributed by atoms with Crippen LogP contribution >= 0.6 is 69.6 Å². The molecule has 4 N–H and O–H groups in total. The molecule has 4 aliphatic rings. The lowest BCUT2D eigenvalue weighted by molar-refractivity contribution is -0.346. The van der Waals surface area contributed by atoms with Crippen molar-refractivity contribution in [3.8, 4) is 0 Å². The highest BCUT2D eigenvalue weighted by atomic mass is 35.6. The molecular weight excluding hydrogens is 972 g/mol. The molecular formula is C39H47Cl6FO17. The number of esters is 3. The summed E-state index contributed by atoms with van der Waals surface area (Å²) in [5, 5.41) is 24.8. The number of rotatable bonds is 8. The van der Waals surface area contributed by atoms with Crippen molar-refractivity contribution in [3.05, 3.63) is 46.8 Å². The lowest BCUT2D eigenvalue weighted by atomic mass is 9.44. The van der Waals surface area contributed by atoms with Gasteiger partial charge < -0.3 is 53.6 Å². The van der Waals surface area contributed by atoms with E-state index in [0.29, 0.717) is 6.61 Å². The lowest BCUT2D eigenvalue weighted by Crippen LogP contribution is -2.82. The minimum absolute atomic E-state index is 0. The van der Waals surface area contributed by atoms with Gasteiger partial charge >= 0.3 is 30.2 Å². The molecule has 1 aliphatic heterocycles. The maximum Gasteiger partial charge on any atom is 0.509 e. The summed E-state index contributed by atoms with van der Waals surface area (Å²) in [7, 11) is 0. The number of halogens is 7. The van der Waals surface area contributed by atoms with E-state index in [9.17, 15) is 38.6 Å². The minimum atomic E-state index is -2.47. The van der Waals surface area contributed by atoms with Crippen molar-refractivity contribution in [3.63, 3.8) is 0 Å². The van der Waals surface area contributed by atoms with Crippen LogP contribution in [0.3, 0.4) is 0 Å². The van der Waals surface area contributed by atoms with E-state index in [-0.39, 0.29) is 28.2 Å². The molecule has 0 aromatic heterocycles. The van der Waals surface area contributed by atoms with Gasteiger partial charge in [0.05, 0.1) is 36.2 Å². The molecule has 3 fully saturated rings. The standard InChI is InChI=1S/C35H37Cl6FO14.C4H8O2.H2O/c1-15-19(44)11-33(49)26(55-27(46)17-7-6-8-18(42)9-17)24-31(5,25(45)23(22(15)30(33,3)4)54-29(48)52-14-35(39,40)41)20(53-28(47)51-13-34(36,37)38)10-21-32(24,12-50-21)56-16(2)43;1-3-6-4(2)5;/h6-9,19-21,23-24,26,44,49H,10-14H2,1-5H3;3H2,1-2H3;1H2/t19-,20-,21+,23+,24-,26-,31+,32-,33+;;/m0../s1. The van der Waals surface area contributed by atoms with Gasteiger partial charge in [0.2, 0.25) is 7.59 Å². The second-order valence-corrected chi connectivity index (χ2v) is 20.8. The molecule has 24 heteroatoms. The van der Waals surface area contributed by atoms with E-state index in [1.165, 1.54) is 46.8 Å². The molecule has 2 saturated carbocycles. The van der Waals surface area contributed by atoms with Crippen LogP contribution in [0.25, 0.3) is 0 Å². The molecule has 3 aliphatic carbocycles. The van der Waals surface area contributed by atoms with Crippen molar-refractivity contribution < 1.29 is 86.7 Å². The molecule has 63 heavy (non-hydrogen) atoms. The Morgan fingerprint density at radius 3 is 1.94 bits per heavy atom. The number of Topliss-reactive ketones (excluding diaryl/α,β-unsaturated/α-hetero) is 1. The van der Waals surface area contributed by atoms with Crippen molar-refractivity contribution in [2.24, 2.45) is 16.7 Å². The van der Waals surface area contributed by atoms with E-state index in [1.807, 2.05) is 0 Å². The smallest absolute Gasteiger partial charge is 0.466 e. The largest absolute Gasteiger partial charge is 0.509 e. The number of ketones is 1. The van der Waals surface area contributed by atoms with Crippen LogP contribution in [0.2, 0.25) is 0 Å². The zero-order valence-electron chi connectivity index (χ0n) is 34.8. The van der Waals surface area contributed by atoms with E-state index < -0.39 is 135 Å². The maximum absolute atomic E-state index is 15.6. The van der Waals surface area contributed by atoms with Gasteiger partial charge in [-0.05, 0) is 50.1 Å². The van der Waals surface area contributed by atoms with E-state index in [1.54, 1.807) is 6.92 Å². The Labute approximate surface area is 391 Å². The molecule has 2 bridgehead atoms. The number of aliphatic hydroxyl groups is 2. The third-order valence-electron chi connectivity index (χ3n) is 11.4. The zero-order chi connectivity index (χ0) is 47.0. The van der Waals surface area contributed by atoms with Crippen LogP contribution in [0.1, 0.15) is 71.7 Å². The first-order chi connectivity index (χ1) is 28.4. The van der Waals surface area contributed by atoms with Gasteiger partial charge in [0, 0.05) is 32.1 Å². The van der Waals surface area contributed by atoms with Crippen LogP contribution in [-0.4, -0.2) is 127 Å². The van der Waals surface area contributed by atoms with E-state index in [0.717, 1.165) is 19.1 Å². The Morgan fingerprint density at radius 2 is 1.48 bits per heavy atom. The number of aliphatic hydroxyl groups excluding tert-OH is 1. The number of carbonyl (C=O) groups is 6. The molecule has 1 saturated heterocycles. The molecule has 1 heterocycles. The number of fused-ring (bicyclic) bond motifs is 5. The molecule has 354 valence electrons. The molecule has 0 unspecified atom stereocenters. The molecule has 0 spiro atoms. The van der Waals surface area contributed by atoms with Crippen LogP contribution in [0, 0.1) is 22.6 Å². The summed E-state index contributed by atoms with van der Waals surface area (Å²) in [5.41, 5.74) is -8.91. The van der Waals surface area contributed by atoms with Crippen molar-refractivity contribution in [2.45, 2.75) is 111 Å². The van der Waals surface area contributed by atoms with Gasteiger partial charge in [-0.3, -0.25) is 14.4 Å². The van der Waals surface area contributed by atoms with Gasteiger partial charge in [-0.25, -0.2) is 18.8 Å². The molecule has 0 amide bonds. The van der Waals surface area contributed by atoms with Gasteiger partial charge in [0.15, 0.2) is 17.5 Å². The van der Waals surface area contributed by atoms with Crippen LogP contribution in [0.4, 0.5) is 14.0 Å². The van der Waals surface area contributed by atoms with Crippen molar-refractivity contribution in [1.82, 2.24) is 0 Å². The summed E-state index contributed by atoms with van der Waals surface area (Å²) in [4.78, 5) is 79.0. The van der Waals surface area contributed by atoms with Gasteiger partial charge in [-0.1, -0.05) is 89.5 Å². The Hall–Kier alpha value is -2.91. The number of alkyl halides is 6. The summed E-state index contributed by atoms with van der Waals surface area (Å²) in [6, 6.07) is 4.41. The Bertz CT molecular complexity index is 1950. The average Bonchev–Trinajstić information content (AvgIpc) is 3.13. The monoisotopic (exact) mass is 1020 g/mol. The predicted octanol–water partition coefficient (Wildman–Crippen LogP) is 6.03. The van der Waals surface area contributed by atoms with Crippen LogP contribution in [0.15, 0.2) is 35.4 Å². The fraction of sp³-hybridized carbons (Fsp3) is 0.641. The van der Waals surface area contributed by atoms with Crippen LogP contribution in [0.5, 0.6) is 0 Å². The first-order valence-electron chi connectivity index (χ1n) is 18.8. The predicted molar refractivity (Wildman–Crippen MR) is 222 cm³/mol. The minimum Gasteiger partial charge on any atom is -0.466 e. The molecule has 0 radical (unpaired) electrons. The summed E-state index contributed by atoms with van der Waals surface area (Å²) < 4.78 is 54.1. The second kappa shape index (κ2) is 20.3. The molecule has 1 aromatic carbocycles. The van der Waals surface area contributed by atoms with Gasteiger partial charge in [0.25, 0.3) is 0 Å². The number of carbonyl (C=O) groups excluding carboxylic acids is 6. The number of hydrogen-bond acceptors (Lipinski definition) is 16. The maximum atomic E-state index is 15.6. The summed E-state index contributed by atoms with van der Waals surface area (Å²) in [5.74, 6) is -5.94. The fourth-order valence-electron chi connectivity index (χ4n) is 8.70. The fourth-order valence-corrected chi connectivity index (χ4v) is 9.02. The van der Waals surface area contributed by atoms with E-state index >= 15 is 4.79 Å². The Balaban J connectivity index is 0.00000141. The highest BCUT2D eigenvalue weighted by Gasteiger charge is 2.79. The molecule has 9 atom stereocenters. The first kappa shape index (κ1) is 54.4. The van der Waals surface area contributed by atoms with Gasteiger partial charge in [0.1, 0.15) is 42.9 Å². The normalized spacial score (nSPS) is 30.6. The van der Waals surface area contributed by atoms with Crippen molar-refractivity contribution >= 4 is 106 Å². The molecule has 17 nitrogen and oxygen atoms in total. The summed E-state index contributed by atoms with van der Waals surface area (Å²) in [6.45, 7) is 8.20. The topological polar surface area (TPSA) is 248 Å². The van der Waals surface area contributed by atoms with Gasteiger partial charge in [-0.15, -0.1) is 0 Å². The lowest BCUT2D eigenvalue weighted by Gasteiger charge is -2.67. The Morgan fingerprint density at radius 1 is 0.905 bits per heavy atom. The third kappa shape index (κ3) is 11.6. The second-order valence-electron chi connectivity index (χ2n) is 15.7. The highest BCUT2D eigenvalue weighted by molar-refractivity contribution is 6.68. The summed E-state index contributed by atoms with van der Waals surface area (Å²) in [6.07, 6.45) is -12.5. The number of ether oxygens (including phenoxy) is 8. The SMILES string of the molecule is CC(=O)O[C@@]12CO[C@@H]1C[C@H](OC(=O)OCC(Cl)(Cl)Cl)[C@@]1(C)C(=O)[C@H](OC(=O)OCC(Cl)(Cl)Cl)C3=C(C)[C@@H](O)C[C@@](O)([C@@H](OC(=O)c4cccc(F)c4)[C@H]21)C3(C)C.CCOC(C)=O.O.